The van der Waals surface area contributed by atoms with Crippen molar-refractivity contribution >= 4 is 22.9 Å². The van der Waals surface area contributed by atoms with Gasteiger partial charge >= 0.3 is 5.76 Å². The number of carbonyl (C=O) groups is 2. The Kier molecular flexibility index (Phi) is 5.18. The number of benzene rings is 2. The van der Waals surface area contributed by atoms with Crippen LogP contribution < -0.4 is 5.76 Å². The second-order valence-electron chi connectivity index (χ2n) is 7.11. The van der Waals surface area contributed by atoms with E-state index in [1.807, 2.05) is 30.3 Å². The zero-order chi connectivity index (χ0) is 20.4. The summed E-state index contributed by atoms with van der Waals surface area (Å²) < 4.78 is 6.39. The number of oxazole rings is 1. The first-order valence-electron chi connectivity index (χ1n) is 9.37. The van der Waals surface area contributed by atoms with Crippen LogP contribution in [0.3, 0.4) is 0 Å². The van der Waals surface area contributed by atoms with Crippen molar-refractivity contribution in [2.75, 3.05) is 19.6 Å². The molecule has 3 aromatic rings. The van der Waals surface area contributed by atoms with E-state index in [1.165, 1.54) is 9.47 Å². The lowest BCUT2D eigenvalue weighted by atomic mass is 10.2. The number of carbonyl (C=O) groups excluding carboxylic acids is 2. The van der Waals surface area contributed by atoms with Crippen LogP contribution in [0, 0.1) is 0 Å². The van der Waals surface area contributed by atoms with Crippen LogP contribution in [0.15, 0.2) is 63.8 Å². The van der Waals surface area contributed by atoms with Crippen molar-refractivity contribution in [1.82, 2.24) is 14.4 Å². The van der Waals surface area contributed by atoms with Crippen LogP contribution in [-0.4, -0.2) is 57.0 Å². The van der Waals surface area contributed by atoms with E-state index >= 15 is 0 Å². The van der Waals surface area contributed by atoms with Crippen LogP contribution in [-0.2, 0) is 22.7 Å². The predicted octanol–water partition coefficient (Wildman–Crippen LogP) is 0.826. The Morgan fingerprint density at radius 3 is 2.55 bits per heavy atom. The molecule has 0 radical (unpaired) electrons. The second kappa shape index (κ2) is 7.92. The molecule has 8 heteroatoms. The van der Waals surface area contributed by atoms with Crippen molar-refractivity contribution in [2.45, 2.75) is 19.2 Å². The monoisotopic (exact) mass is 395 g/mol. The zero-order valence-corrected chi connectivity index (χ0v) is 15.7. The molecule has 150 valence electrons. The smallest absolute Gasteiger partial charge is 0.408 e. The molecule has 1 atom stereocenters. The van der Waals surface area contributed by atoms with Crippen LogP contribution >= 0.6 is 0 Å². The Balaban J connectivity index is 1.50. The molecule has 4 rings (SSSR count). The number of β-amino-alcohol motifs (C(OH)–C–C–N with tert-alkyl or cyclic N) is 1. The molecular weight excluding hydrogens is 374 g/mol. The van der Waals surface area contributed by atoms with E-state index in [9.17, 15) is 19.5 Å². The highest BCUT2D eigenvalue weighted by molar-refractivity contribution is 5.86. The third-order valence-electron chi connectivity index (χ3n) is 4.98. The molecule has 2 amide bonds. The molecular formula is C21H21N3O5. The van der Waals surface area contributed by atoms with Gasteiger partial charge in [-0.25, -0.2) is 4.79 Å². The Morgan fingerprint density at radius 1 is 1.03 bits per heavy atom. The minimum absolute atomic E-state index is 0.0282. The largest absolute Gasteiger partial charge is 0.420 e. The SMILES string of the molecule is O=C(Cn1c(=O)oc2ccccc21)N1CC(=O)N(Cc2ccccc2)CC(O)C1. The van der Waals surface area contributed by atoms with Crippen molar-refractivity contribution in [3.8, 4) is 0 Å². The fourth-order valence-electron chi connectivity index (χ4n) is 3.54. The van der Waals surface area contributed by atoms with Gasteiger partial charge in [-0.15, -0.1) is 0 Å². The molecule has 0 saturated carbocycles. The molecule has 29 heavy (non-hydrogen) atoms. The summed E-state index contributed by atoms with van der Waals surface area (Å²) in [6.45, 7) is 0.138. The van der Waals surface area contributed by atoms with Crippen LogP contribution in [0.2, 0.25) is 0 Å². The van der Waals surface area contributed by atoms with Crippen molar-refractivity contribution in [2.24, 2.45) is 0 Å². The Bertz CT molecular complexity index is 1090. The quantitative estimate of drug-likeness (QED) is 0.706. The minimum Gasteiger partial charge on any atom is -0.408 e. The Hall–Kier alpha value is -3.39. The van der Waals surface area contributed by atoms with Crippen molar-refractivity contribution in [3.05, 3.63) is 70.7 Å². The molecule has 2 heterocycles. The zero-order valence-electron chi connectivity index (χ0n) is 15.7. The molecule has 1 aromatic heterocycles. The van der Waals surface area contributed by atoms with E-state index in [2.05, 4.69) is 0 Å². The molecule has 8 nitrogen and oxygen atoms in total. The van der Waals surface area contributed by atoms with Crippen molar-refractivity contribution < 1.29 is 19.1 Å². The molecule has 0 bridgehead atoms. The molecule has 1 aliphatic heterocycles. The van der Waals surface area contributed by atoms with E-state index < -0.39 is 17.8 Å². The summed E-state index contributed by atoms with van der Waals surface area (Å²) in [6.07, 6.45) is -0.869. The number of amides is 2. The molecule has 0 spiro atoms. The van der Waals surface area contributed by atoms with Crippen LogP contribution in [0.25, 0.3) is 11.1 Å². The lowest BCUT2D eigenvalue weighted by molar-refractivity contribution is -0.139. The highest BCUT2D eigenvalue weighted by Gasteiger charge is 2.30. The molecule has 1 fully saturated rings. The lowest BCUT2D eigenvalue weighted by Gasteiger charge is -2.22. The van der Waals surface area contributed by atoms with E-state index in [4.69, 9.17) is 4.42 Å². The maximum absolute atomic E-state index is 12.8. The third-order valence-corrected chi connectivity index (χ3v) is 4.98. The number of rotatable bonds is 4. The average molecular weight is 395 g/mol. The molecule has 0 aliphatic carbocycles. The summed E-state index contributed by atoms with van der Waals surface area (Å²) in [5.41, 5.74) is 1.86. The van der Waals surface area contributed by atoms with Gasteiger partial charge in [-0.1, -0.05) is 42.5 Å². The number of nitrogens with zero attached hydrogens (tertiary/aromatic N) is 3. The van der Waals surface area contributed by atoms with Crippen LogP contribution in [0.4, 0.5) is 0 Å². The van der Waals surface area contributed by atoms with E-state index in [0.29, 0.717) is 17.6 Å². The summed E-state index contributed by atoms with van der Waals surface area (Å²) in [4.78, 5) is 40.5. The molecule has 1 saturated heterocycles. The summed E-state index contributed by atoms with van der Waals surface area (Å²) in [7, 11) is 0. The summed E-state index contributed by atoms with van der Waals surface area (Å²) >= 11 is 0. The molecule has 1 aliphatic rings. The van der Waals surface area contributed by atoms with Crippen molar-refractivity contribution in [3.63, 3.8) is 0 Å². The van der Waals surface area contributed by atoms with E-state index in [-0.39, 0.29) is 32.1 Å². The topological polar surface area (TPSA) is 96.0 Å². The van der Waals surface area contributed by atoms with Gasteiger partial charge in [-0.3, -0.25) is 14.2 Å². The van der Waals surface area contributed by atoms with Crippen LogP contribution in [0.1, 0.15) is 5.56 Å². The summed E-state index contributed by atoms with van der Waals surface area (Å²) in [5, 5.41) is 10.4. The number of para-hydroxylation sites is 2. The normalized spacial score (nSPS) is 17.6. The second-order valence-corrected chi connectivity index (χ2v) is 7.11. The molecule has 1 unspecified atom stereocenters. The number of hydrogen-bond acceptors (Lipinski definition) is 5. The van der Waals surface area contributed by atoms with E-state index in [0.717, 1.165) is 5.56 Å². The highest BCUT2D eigenvalue weighted by atomic mass is 16.4. The van der Waals surface area contributed by atoms with Gasteiger partial charge in [-0.2, -0.15) is 0 Å². The van der Waals surface area contributed by atoms with Gasteiger partial charge in [-0.05, 0) is 17.7 Å². The minimum atomic E-state index is -0.869. The third kappa shape index (κ3) is 4.07. The fourth-order valence-corrected chi connectivity index (χ4v) is 3.54. The maximum Gasteiger partial charge on any atom is 0.420 e. The van der Waals surface area contributed by atoms with Gasteiger partial charge in [0.05, 0.1) is 18.2 Å². The van der Waals surface area contributed by atoms with Gasteiger partial charge in [0.25, 0.3) is 0 Å². The van der Waals surface area contributed by atoms with Crippen LogP contribution in [0.5, 0.6) is 0 Å². The number of fused-ring (bicyclic) bond motifs is 1. The van der Waals surface area contributed by atoms with Gasteiger partial charge in [0.1, 0.15) is 6.54 Å². The summed E-state index contributed by atoms with van der Waals surface area (Å²) in [6, 6.07) is 16.3. The highest BCUT2D eigenvalue weighted by Crippen LogP contribution is 2.14. The van der Waals surface area contributed by atoms with Gasteiger partial charge in [0, 0.05) is 19.6 Å². The Morgan fingerprint density at radius 2 is 1.76 bits per heavy atom. The number of aliphatic hydroxyl groups is 1. The first-order valence-corrected chi connectivity index (χ1v) is 9.37. The lowest BCUT2D eigenvalue weighted by Crippen LogP contribution is -2.41. The maximum atomic E-state index is 12.8. The van der Waals surface area contributed by atoms with Gasteiger partial charge < -0.3 is 19.3 Å². The van der Waals surface area contributed by atoms with Gasteiger partial charge in [0.15, 0.2) is 5.58 Å². The van der Waals surface area contributed by atoms with Gasteiger partial charge in [0.2, 0.25) is 11.8 Å². The van der Waals surface area contributed by atoms with E-state index in [1.54, 1.807) is 29.2 Å². The molecule has 2 aromatic carbocycles. The average Bonchev–Trinajstić information content (AvgIpc) is 2.94. The molecule has 1 N–H and O–H groups in total. The van der Waals surface area contributed by atoms with Crippen molar-refractivity contribution in [1.29, 1.82) is 0 Å². The predicted molar refractivity (Wildman–Crippen MR) is 105 cm³/mol. The Labute approximate surface area is 166 Å². The number of hydrogen-bond donors (Lipinski definition) is 1. The standard InChI is InChI=1S/C21H21N3O5/c25-16-11-22(10-15-6-2-1-3-7-15)19(26)13-23(12-16)20(27)14-24-17-8-4-5-9-18(17)29-21(24)28/h1-9,16,25H,10-14H2. The first kappa shape index (κ1) is 18.9. The first-order chi connectivity index (χ1) is 14.0. The number of aliphatic hydroxyl groups excluding tert-OH is 1. The number of aromatic nitrogens is 1. The fraction of sp³-hybridized carbons (Fsp3) is 0.286. The summed E-state index contributed by atoms with van der Waals surface area (Å²) in [5.74, 6) is -1.30.